The van der Waals surface area contributed by atoms with Crippen molar-refractivity contribution in [3.63, 3.8) is 0 Å². The smallest absolute Gasteiger partial charge is 0.259 e. The highest BCUT2D eigenvalue weighted by atomic mass is 35.5. The first-order valence-electron chi connectivity index (χ1n) is 7.89. The van der Waals surface area contributed by atoms with E-state index < -0.39 is 17.8 Å². The van der Waals surface area contributed by atoms with Gasteiger partial charge in [0.1, 0.15) is 11.9 Å². The van der Waals surface area contributed by atoms with Crippen molar-refractivity contribution in [1.29, 1.82) is 0 Å². The monoisotopic (exact) mass is 340 g/mol. The summed E-state index contributed by atoms with van der Waals surface area (Å²) in [7, 11) is 1.73. The maximum atomic E-state index is 14.2. The first kappa shape index (κ1) is 17.7. The van der Waals surface area contributed by atoms with Gasteiger partial charge in [0, 0.05) is 20.1 Å². The number of halogens is 2. The minimum absolute atomic E-state index is 0.0952. The molecule has 1 heterocycles. The van der Waals surface area contributed by atoms with Crippen LogP contribution in [0.3, 0.4) is 0 Å². The molecule has 0 saturated carbocycles. The summed E-state index contributed by atoms with van der Waals surface area (Å²) in [5.74, 6) is -1.24. The molecule has 2 rings (SSSR count). The van der Waals surface area contributed by atoms with Crippen LogP contribution in [-0.2, 0) is 4.79 Å². The summed E-state index contributed by atoms with van der Waals surface area (Å²) in [6, 6.07) is 2.24. The molecule has 1 saturated heterocycles. The van der Waals surface area contributed by atoms with E-state index >= 15 is 0 Å². The molecule has 0 aliphatic carbocycles. The zero-order chi connectivity index (χ0) is 17.1. The molecule has 1 atom stereocenters. The van der Waals surface area contributed by atoms with E-state index in [-0.39, 0.29) is 16.5 Å². The van der Waals surface area contributed by atoms with Crippen molar-refractivity contribution in [2.45, 2.75) is 39.2 Å². The molecule has 1 unspecified atom stereocenters. The molecule has 1 aliphatic heterocycles. The fourth-order valence-electron chi connectivity index (χ4n) is 2.83. The number of rotatable bonds is 4. The van der Waals surface area contributed by atoms with Gasteiger partial charge < -0.3 is 9.80 Å². The Morgan fingerprint density at radius 1 is 1.39 bits per heavy atom. The fourth-order valence-corrected chi connectivity index (χ4v) is 3.06. The van der Waals surface area contributed by atoms with E-state index in [0.717, 1.165) is 12.8 Å². The van der Waals surface area contributed by atoms with Crippen molar-refractivity contribution in [1.82, 2.24) is 9.80 Å². The lowest BCUT2D eigenvalue weighted by atomic mass is 10.0. The zero-order valence-corrected chi connectivity index (χ0v) is 14.5. The molecule has 1 aliphatic rings. The van der Waals surface area contributed by atoms with Gasteiger partial charge in [0.05, 0.1) is 10.6 Å². The second kappa shape index (κ2) is 7.30. The zero-order valence-electron chi connectivity index (χ0n) is 13.7. The maximum Gasteiger partial charge on any atom is 0.259 e. The average Bonchev–Trinajstić information content (AvgIpc) is 2.52. The number of carbonyl (C=O) groups is 2. The highest BCUT2D eigenvalue weighted by molar-refractivity contribution is 6.34. The van der Waals surface area contributed by atoms with E-state index in [2.05, 4.69) is 0 Å². The highest BCUT2D eigenvalue weighted by Crippen LogP contribution is 2.27. The van der Waals surface area contributed by atoms with Crippen molar-refractivity contribution in [2.24, 2.45) is 0 Å². The molecular formula is C17H22ClFN2O2. The molecule has 23 heavy (non-hydrogen) atoms. The van der Waals surface area contributed by atoms with Gasteiger partial charge in [0.25, 0.3) is 5.91 Å². The van der Waals surface area contributed by atoms with Crippen LogP contribution in [0, 0.1) is 12.7 Å². The first-order valence-corrected chi connectivity index (χ1v) is 8.26. The lowest BCUT2D eigenvalue weighted by Gasteiger charge is -2.39. The number of aryl methyl sites for hydroxylation is 1. The van der Waals surface area contributed by atoms with Crippen molar-refractivity contribution < 1.29 is 14.0 Å². The number of hydrogen-bond acceptors (Lipinski definition) is 2. The number of carbonyl (C=O) groups excluding carboxylic acids is 2. The molecular weight excluding hydrogens is 319 g/mol. The molecule has 0 bridgehead atoms. The minimum atomic E-state index is -0.647. The van der Waals surface area contributed by atoms with Crippen LogP contribution < -0.4 is 0 Å². The van der Waals surface area contributed by atoms with Crippen molar-refractivity contribution in [3.05, 3.63) is 34.1 Å². The topological polar surface area (TPSA) is 40.6 Å². The summed E-state index contributed by atoms with van der Waals surface area (Å²) in [6.07, 6.45) is 2.34. The predicted molar refractivity (Wildman–Crippen MR) is 88.1 cm³/mol. The predicted octanol–water partition coefficient (Wildman–Crippen LogP) is 3.26. The van der Waals surface area contributed by atoms with E-state index in [0.29, 0.717) is 25.1 Å². The van der Waals surface area contributed by atoms with E-state index in [4.69, 9.17) is 11.6 Å². The highest BCUT2D eigenvalue weighted by Gasteiger charge is 2.37. The first-order chi connectivity index (χ1) is 10.9. The Kier molecular flexibility index (Phi) is 5.63. The Labute approximate surface area is 141 Å². The van der Waals surface area contributed by atoms with Crippen molar-refractivity contribution in [2.75, 3.05) is 20.1 Å². The molecule has 0 radical (unpaired) electrons. The summed E-state index contributed by atoms with van der Waals surface area (Å²) in [6.45, 7) is 4.58. The second-order valence-corrected chi connectivity index (χ2v) is 6.35. The van der Waals surface area contributed by atoms with Gasteiger partial charge in [0.15, 0.2) is 0 Å². The molecule has 1 aromatic carbocycles. The van der Waals surface area contributed by atoms with Crippen LogP contribution in [-0.4, -0.2) is 47.8 Å². The van der Waals surface area contributed by atoms with Crippen LogP contribution in [0.25, 0.3) is 0 Å². The Bertz CT molecular complexity index is 621. The van der Waals surface area contributed by atoms with Gasteiger partial charge in [-0.3, -0.25) is 9.59 Å². The second-order valence-electron chi connectivity index (χ2n) is 5.97. The van der Waals surface area contributed by atoms with E-state index in [1.165, 1.54) is 17.0 Å². The molecule has 0 aromatic heterocycles. The molecule has 0 spiro atoms. The number of nitrogens with zero attached hydrogens (tertiary/aromatic N) is 2. The van der Waals surface area contributed by atoms with Gasteiger partial charge in [-0.25, -0.2) is 4.39 Å². The Balaban J connectivity index is 2.36. The standard InChI is InChI=1S/C17H22ClFN2O2/c1-4-5-6-13-16(22)20(3)9-10-21(13)17(23)14-12(19)8-7-11(2)15(14)18/h7-8,13H,4-6,9-10H2,1-3H3. The number of benzene rings is 1. The maximum absolute atomic E-state index is 14.2. The van der Waals surface area contributed by atoms with Gasteiger partial charge in [-0.2, -0.15) is 0 Å². The van der Waals surface area contributed by atoms with Crippen LogP contribution in [0.15, 0.2) is 12.1 Å². The molecule has 2 amide bonds. The van der Waals surface area contributed by atoms with Crippen LogP contribution in [0.5, 0.6) is 0 Å². The van der Waals surface area contributed by atoms with Gasteiger partial charge in [-0.15, -0.1) is 0 Å². The Hall–Kier alpha value is -1.62. The van der Waals surface area contributed by atoms with Crippen LogP contribution >= 0.6 is 11.6 Å². The summed E-state index contributed by atoms with van der Waals surface area (Å²) < 4.78 is 14.2. The third-order valence-corrected chi connectivity index (χ3v) is 4.79. The van der Waals surface area contributed by atoms with Crippen LogP contribution in [0.1, 0.15) is 42.1 Å². The molecule has 0 N–H and O–H groups in total. The Morgan fingerprint density at radius 3 is 2.74 bits per heavy atom. The van der Waals surface area contributed by atoms with Crippen LogP contribution in [0.2, 0.25) is 5.02 Å². The number of unbranched alkanes of at least 4 members (excludes halogenated alkanes) is 1. The average molecular weight is 341 g/mol. The Morgan fingerprint density at radius 2 is 2.09 bits per heavy atom. The molecule has 1 aromatic rings. The fraction of sp³-hybridized carbons (Fsp3) is 0.529. The lowest BCUT2D eigenvalue weighted by Crippen LogP contribution is -2.57. The van der Waals surface area contributed by atoms with Gasteiger partial charge in [0.2, 0.25) is 5.91 Å². The summed E-state index contributed by atoms with van der Waals surface area (Å²) >= 11 is 6.15. The summed E-state index contributed by atoms with van der Waals surface area (Å²) in [5, 5.41) is 0.121. The van der Waals surface area contributed by atoms with Gasteiger partial charge in [-0.05, 0) is 25.0 Å². The minimum Gasteiger partial charge on any atom is -0.342 e. The SMILES string of the molecule is CCCCC1C(=O)N(C)CCN1C(=O)c1c(F)ccc(C)c1Cl. The summed E-state index contributed by atoms with van der Waals surface area (Å²) in [5.41, 5.74) is 0.507. The van der Waals surface area contributed by atoms with Gasteiger partial charge in [-0.1, -0.05) is 37.4 Å². The third-order valence-electron chi connectivity index (χ3n) is 4.30. The molecule has 126 valence electrons. The largest absolute Gasteiger partial charge is 0.342 e. The van der Waals surface area contributed by atoms with Crippen LogP contribution in [0.4, 0.5) is 4.39 Å². The quantitative estimate of drug-likeness (QED) is 0.844. The number of piperazine rings is 1. The lowest BCUT2D eigenvalue weighted by molar-refractivity contribution is -0.138. The molecule has 4 nitrogen and oxygen atoms in total. The number of amides is 2. The summed E-state index contributed by atoms with van der Waals surface area (Å²) in [4.78, 5) is 28.4. The van der Waals surface area contributed by atoms with Crippen molar-refractivity contribution in [3.8, 4) is 0 Å². The number of hydrogen-bond donors (Lipinski definition) is 0. The van der Waals surface area contributed by atoms with E-state index in [1.54, 1.807) is 18.9 Å². The molecule has 1 fully saturated rings. The van der Waals surface area contributed by atoms with Crippen molar-refractivity contribution >= 4 is 23.4 Å². The van der Waals surface area contributed by atoms with E-state index in [1.807, 2.05) is 6.92 Å². The number of likely N-dealkylation sites (N-methyl/N-ethyl adjacent to an activating group) is 1. The molecule has 6 heteroatoms. The van der Waals surface area contributed by atoms with E-state index in [9.17, 15) is 14.0 Å². The normalized spacial score (nSPS) is 18.5. The van der Waals surface area contributed by atoms with Gasteiger partial charge >= 0.3 is 0 Å². The third kappa shape index (κ3) is 3.50.